The number of rotatable bonds is 5. The molecule has 0 aliphatic carbocycles. The number of nitrogens with zero attached hydrogens (tertiary/aromatic N) is 2. The number of fused-ring (bicyclic) bond motifs is 1. The number of anilines is 1. The first-order valence-corrected chi connectivity index (χ1v) is 9.26. The smallest absolute Gasteiger partial charge is 0.335 e. The van der Waals surface area contributed by atoms with Crippen molar-refractivity contribution in [2.75, 3.05) is 5.32 Å². The van der Waals surface area contributed by atoms with E-state index in [9.17, 15) is 9.59 Å². The van der Waals surface area contributed by atoms with Gasteiger partial charge in [-0.25, -0.2) is 14.8 Å². The summed E-state index contributed by atoms with van der Waals surface area (Å²) in [5.74, 6) is -0.836. The average molecular weight is 401 g/mol. The molecule has 1 amide bonds. The van der Waals surface area contributed by atoms with Gasteiger partial charge in [-0.05, 0) is 42.8 Å². The maximum Gasteiger partial charge on any atom is 0.335 e. The molecule has 3 aromatic heterocycles. The van der Waals surface area contributed by atoms with Gasteiger partial charge in [0.25, 0.3) is 0 Å². The van der Waals surface area contributed by atoms with E-state index in [0.29, 0.717) is 5.82 Å². The lowest BCUT2D eigenvalue weighted by molar-refractivity contribution is -0.117. The van der Waals surface area contributed by atoms with Crippen LogP contribution in [0.5, 0.6) is 0 Å². The van der Waals surface area contributed by atoms with Crippen molar-refractivity contribution in [3.8, 4) is 22.3 Å². The van der Waals surface area contributed by atoms with E-state index in [-0.39, 0.29) is 11.5 Å². The summed E-state index contributed by atoms with van der Waals surface area (Å²) in [6.07, 6.45) is 5.25. The van der Waals surface area contributed by atoms with Crippen molar-refractivity contribution in [1.29, 1.82) is 0 Å². The molecule has 0 unspecified atom stereocenters. The SMILES string of the molecule is C[C@H](N)C(=O)Nc1ccc(-c2cnc3[nH]cc(-c4ccc(C(=O)O)cc4)c3c2)cn1. The van der Waals surface area contributed by atoms with Gasteiger partial charge in [0.1, 0.15) is 11.5 Å². The van der Waals surface area contributed by atoms with Crippen LogP contribution in [0.1, 0.15) is 17.3 Å². The van der Waals surface area contributed by atoms with Gasteiger partial charge in [0.05, 0.1) is 11.6 Å². The molecule has 8 nitrogen and oxygen atoms in total. The highest BCUT2D eigenvalue weighted by Gasteiger charge is 2.12. The number of hydrogen-bond acceptors (Lipinski definition) is 5. The number of carbonyl (C=O) groups is 2. The average Bonchev–Trinajstić information content (AvgIpc) is 3.17. The van der Waals surface area contributed by atoms with Crippen molar-refractivity contribution in [3.63, 3.8) is 0 Å². The first-order valence-electron chi connectivity index (χ1n) is 9.26. The van der Waals surface area contributed by atoms with Crippen molar-refractivity contribution in [3.05, 3.63) is 66.6 Å². The number of nitrogens with two attached hydrogens (primary N) is 1. The van der Waals surface area contributed by atoms with Crippen LogP contribution in [0.4, 0.5) is 5.82 Å². The Morgan fingerprint density at radius 1 is 1.03 bits per heavy atom. The molecule has 1 atom stereocenters. The summed E-state index contributed by atoms with van der Waals surface area (Å²) >= 11 is 0. The fourth-order valence-corrected chi connectivity index (χ4v) is 3.07. The molecule has 4 aromatic rings. The van der Waals surface area contributed by atoms with Crippen LogP contribution in [0.15, 0.2) is 61.1 Å². The van der Waals surface area contributed by atoms with Crippen LogP contribution in [-0.4, -0.2) is 38.0 Å². The third-order valence-corrected chi connectivity index (χ3v) is 4.74. The van der Waals surface area contributed by atoms with Crippen LogP contribution in [0.3, 0.4) is 0 Å². The molecule has 0 saturated carbocycles. The zero-order chi connectivity index (χ0) is 21.3. The zero-order valence-electron chi connectivity index (χ0n) is 16.1. The van der Waals surface area contributed by atoms with Gasteiger partial charge in [-0.3, -0.25) is 4.79 Å². The number of amides is 1. The molecule has 8 heteroatoms. The highest BCUT2D eigenvalue weighted by atomic mass is 16.4. The van der Waals surface area contributed by atoms with Crippen LogP contribution in [0.25, 0.3) is 33.3 Å². The molecule has 0 radical (unpaired) electrons. The van der Waals surface area contributed by atoms with E-state index in [1.54, 1.807) is 49.6 Å². The molecule has 0 bridgehead atoms. The van der Waals surface area contributed by atoms with Crippen LogP contribution in [0.2, 0.25) is 0 Å². The van der Waals surface area contributed by atoms with Gasteiger partial charge in [0, 0.05) is 40.7 Å². The maximum absolute atomic E-state index is 11.7. The highest BCUT2D eigenvalue weighted by molar-refractivity contribution is 5.97. The minimum absolute atomic E-state index is 0.236. The van der Waals surface area contributed by atoms with Crippen LogP contribution in [-0.2, 0) is 4.79 Å². The van der Waals surface area contributed by atoms with Gasteiger partial charge in [-0.2, -0.15) is 0 Å². The number of carboxylic acid groups (broad SMARTS) is 1. The normalized spacial score (nSPS) is 11.9. The monoisotopic (exact) mass is 401 g/mol. The molecule has 0 saturated heterocycles. The number of carboxylic acids is 1. The Bertz CT molecular complexity index is 1230. The van der Waals surface area contributed by atoms with Crippen LogP contribution < -0.4 is 11.1 Å². The molecule has 4 rings (SSSR count). The Morgan fingerprint density at radius 2 is 1.73 bits per heavy atom. The topological polar surface area (TPSA) is 134 Å². The van der Waals surface area contributed by atoms with Crippen molar-refractivity contribution in [2.24, 2.45) is 5.73 Å². The highest BCUT2D eigenvalue weighted by Crippen LogP contribution is 2.31. The summed E-state index contributed by atoms with van der Waals surface area (Å²) in [7, 11) is 0. The molecule has 150 valence electrons. The van der Waals surface area contributed by atoms with Crippen molar-refractivity contribution in [1.82, 2.24) is 15.0 Å². The number of nitrogens with one attached hydrogen (secondary N) is 2. The Kier molecular flexibility index (Phi) is 4.99. The molecule has 3 heterocycles. The quantitative estimate of drug-likeness (QED) is 0.405. The summed E-state index contributed by atoms with van der Waals surface area (Å²) in [4.78, 5) is 34.7. The Labute approximate surface area is 171 Å². The molecule has 0 aliphatic rings. The van der Waals surface area contributed by atoms with Gasteiger partial charge >= 0.3 is 5.97 Å². The van der Waals surface area contributed by atoms with E-state index in [0.717, 1.165) is 33.3 Å². The lowest BCUT2D eigenvalue weighted by Gasteiger charge is -2.08. The Morgan fingerprint density at radius 3 is 2.37 bits per heavy atom. The molecule has 30 heavy (non-hydrogen) atoms. The summed E-state index contributed by atoms with van der Waals surface area (Å²) in [6, 6.07) is 11.6. The van der Waals surface area contributed by atoms with E-state index in [1.807, 2.05) is 18.3 Å². The minimum Gasteiger partial charge on any atom is -0.478 e. The van der Waals surface area contributed by atoms with Crippen LogP contribution >= 0.6 is 0 Å². The molecular weight excluding hydrogens is 382 g/mol. The van der Waals surface area contributed by atoms with E-state index in [1.165, 1.54) is 0 Å². The van der Waals surface area contributed by atoms with E-state index in [2.05, 4.69) is 20.3 Å². The predicted octanol–water partition coefficient (Wildman–Crippen LogP) is 3.28. The number of hydrogen-bond donors (Lipinski definition) is 4. The molecule has 0 spiro atoms. The van der Waals surface area contributed by atoms with E-state index < -0.39 is 12.0 Å². The molecule has 1 aromatic carbocycles. The second-order valence-electron chi connectivity index (χ2n) is 6.92. The first kappa shape index (κ1) is 19.3. The number of carbonyl (C=O) groups excluding carboxylic acids is 1. The first-order chi connectivity index (χ1) is 14.4. The van der Waals surface area contributed by atoms with E-state index in [4.69, 9.17) is 10.8 Å². The maximum atomic E-state index is 11.7. The largest absolute Gasteiger partial charge is 0.478 e. The number of H-pyrrole nitrogens is 1. The van der Waals surface area contributed by atoms with Crippen molar-refractivity contribution < 1.29 is 14.7 Å². The Balaban J connectivity index is 1.66. The number of aromatic carboxylic acids is 1. The summed E-state index contributed by atoms with van der Waals surface area (Å²) < 4.78 is 0. The van der Waals surface area contributed by atoms with Gasteiger partial charge in [0.2, 0.25) is 5.91 Å². The van der Waals surface area contributed by atoms with Gasteiger partial charge < -0.3 is 21.1 Å². The zero-order valence-corrected chi connectivity index (χ0v) is 16.1. The fraction of sp³-hybridized carbons (Fsp3) is 0.0909. The number of benzene rings is 1. The molecule has 0 aliphatic heterocycles. The second-order valence-corrected chi connectivity index (χ2v) is 6.92. The Hall–Kier alpha value is -4.04. The standard InChI is InChI=1S/C22H19N5O3/c1-12(23)21(28)27-19-7-6-15(9-24-19)16-8-17-18(11-26-20(17)25-10-16)13-2-4-14(5-3-13)22(29)30/h2-12H,23H2,1H3,(H,25,26)(H,29,30)(H,24,27,28)/t12-/m0/s1. The lowest BCUT2D eigenvalue weighted by Crippen LogP contribution is -2.32. The number of pyridine rings is 2. The van der Waals surface area contributed by atoms with E-state index >= 15 is 0 Å². The third-order valence-electron chi connectivity index (χ3n) is 4.74. The van der Waals surface area contributed by atoms with Crippen molar-refractivity contribution >= 4 is 28.7 Å². The second kappa shape index (κ2) is 7.76. The fourth-order valence-electron chi connectivity index (χ4n) is 3.07. The minimum atomic E-state index is -0.961. The number of aromatic nitrogens is 3. The predicted molar refractivity (Wildman–Crippen MR) is 114 cm³/mol. The van der Waals surface area contributed by atoms with Gasteiger partial charge in [0.15, 0.2) is 0 Å². The van der Waals surface area contributed by atoms with Crippen LogP contribution in [0, 0.1) is 0 Å². The number of aromatic amines is 1. The molecule has 0 fully saturated rings. The van der Waals surface area contributed by atoms with Gasteiger partial charge in [-0.15, -0.1) is 0 Å². The molecule has 5 N–H and O–H groups in total. The summed E-state index contributed by atoms with van der Waals surface area (Å²) in [5.41, 5.74) is 10.0. The summed E-state index contributed by atoms with van der Waals surface area (Å²) in [6.45, 7) is 1.61. The van der Waals surface area contributed by atoms with Gasteiger partial charge in [-0.1, -0.05) is 12.1 Å². The third kappa shape index (κ3) is 3.76. The molecular formula is C22H19N5O3. The van der Waals surface area contributed by atoms with Crippen molar-refractivity contribution in [2.45, 2.75) is 13.0 Å². The lowest BCUT2D eigenvalue weighted by atomic mass is 10.0. The summed E-state index contributed by atoms with van der Waals surface area (Å²) in [5, 5.41) is 12.6.